The second-order valence-electron chi connectivity index (χ2n) is 5.99. The molecule has 0 radical (unpaired) electrons. The van der Waals surface area contributed by atoms with Gasteiger partial charge in [-0.1, -0.05) is 18.2 Å². The van der Waals surface area contributed by atoms with Gasteiger partial charge in [0.1, 0.15) is 11.4 Å². The molecule has 2 aromatic heterocycles. The van der Waals surface area contributed by atoms with Gasteiger partial charge < -0.3 is 19.2 Å². The zero-order valence-corrected chi connectivity index (χ0v) is 15.4. The van der Waals surface area contributed by atoms with Gasteiger partial charge in [-0.05, 0) is 45.0 Å². The molecule has 0 saturated carbocycles. The van der Waals surface area contributed by atoms with Crippen LogP contribution in [0.3, 0.4) is 0 Å². The third-order valence-electron chi connectivity index (χ3n) is 4.00. The Hall–Kier alpha value is -3.35. The molecule has 0 aliphatic heterocycles. The number of benzene rings is 1. The van der Waals surface area contributed by atoms with E-state index in [9.17, 15) is 9.59 Å². The number of hydrogen-bond donors (Lipinski definition) is 1. The number of pyridine rings is 1. The summed E-state index contributed by atoms with van der Waals surface area (Å²) in [5, 5.41) is 2.72. The molecule has 140 valence electrons. The van der Waals surface area contributed by atoms with E-state index >= 15 is 0 Å². The third kappa shape index (κ3) is 4.08. The van der Waals surface area contributed by atoms with Gasteiger partial charge in [0, 0.05) is 11.9 Å². The number of amides is 1. The monoisotopic (exact) mass is 367 g/mol. The van der Waals surface area contributed by atoms with Crippen molar-refractivity contribution in [1.29, 1.82) is 0 Å². The SMILES string of the molecule is CCOc1ccccc1NC(=O)[C@@H](C)OC(=O)c1cn2c(C)cccc2n1. The average Bonchev–Trinajstić information content (AvgIpc) is 3.09. The fraction of sp³-hybridized carbons (Fsp3) is 0.250. The van der Waals surface area contributed by atoms with Crippen LogP contribution in [0.25, 0.3) is 5.65 Å². The zero-order chi connectivity index (χ0) is 19.4. The molecule has 1 amide bonds. The summed E-state index contributed by atoms with van der Waals surface area (Å²) in [5.41, 5.74) is 2.26. The van der Waals surface area contributed by atoms with Crippen molar-refractivity contribution < 1.29 is 19.1 Å². The van der Waals surface area contributed by atoms with Crippen LogP contribution in [0.1, 0.15) is 30.0 Å². The van der Waals surface area contributed by atoms with E-state index < -0.39 is 18.0 Å². The number of carbonyl (C=O) groups is 2. The Morgan fingerprint density at radius 2 is 1.96 bits per heavy atom. The Labute approximate surface area is 156 Å². The molecule has 0 bridgehead atoms. The van der Waals surface area contributed by atoms with Crippen molar-refractivity contribution in [3.63, 3.8) is 0 Å². The van der Waals surface area contributed by atoms with Crippen LogP contribution >= 0.6 is 0 Å². The minimum absolute atomic E-state index is 0.152. The van der Waals surface area contributed by atoms with E-state index in [0.717, 1.165) is 5.69 Å². The first kappa shape index (κ1) is 18.4. The summed E-state index contributed by atoms with van der Waals surface area (Å²) in [7, 11) is 0. The van der Waals surface area contributed by atoms with Gasteiger partial charge in [0.2, 0.25) is 0 Å². The summed E-state index contributed by atoms with van der Waals surface area (Å²) in [5.74, 6) is -0.544. The number of anilines is 1. The van der Waals surface area contributed by atoms with Crippen molar-refractivity contribution in [3.05, 3.63) is 60.0 Å². The number of nitrogens with one attached hydrogen (secondary N) is 1. The number of fused-ring (bicyclic) bond motifs is 1. The lowest BCUT2D eigenvalue weighted by Crippen LogP contribution is -2.30. The normalized spacial score (nSPS) is 11.8. The van der Waals surface area contributed by atoms with Crippen LogP contribution < -0.4 is 10.1 Å². The Morgan fingerprint density at radius 1 is 1.19 bits per heavy atom. The molecule has 0 fully saturated rings. The van der Waals surface area contributed by atoms with Gasteiger partial charge >= 0.3 is 5.97 Å². The Morgan fingerprint density at radius 3 is 2.70 bits per heavy atom. The number of nitrogens with zero attached hydrogens (tertiary/aromatic N) is 2. The van der Waals surface area contributed by atoms with Crippen LogP contribution in [0.2, 0.25) is 0 Å². The van der Waals surface area contributed by atoms with Crippen LogP contribution in [-0.2, 0) is 9.53 Å². The summed E-state index contributed by atoms with van der Waals surface area (Å²) in [6, 6.07) is 12.7. The fourth-order valence-electron chi connectivity index (χ4n) is 2.61. The summed E-state index contributed by atoms with van der Waals surface area (Å²) < 4.78 is 12.5. The van der Waals surface area contributed by atoms with Crippen LogP contribution in [-0.4, -0.2) is 34.0 Å². The van der Waals surface area contributed by atoms with Gasteiger partial charge in [0.25, 0.3) is 5.91 Å². The molecule has 7 heteroatoms. The number of aromatic nitrogens is 2. The number of esters is 1. The summed E-state index contributed by atoms with van der Waals surface area (Å²) in [4.78, 5) is 29.0. The highest BCUT2D eigenvalue weighted by Gasteiger charge is 2.22. The summed E-state index contributed by atoms with van der Waals surface area (Å²) in [6.07, 6.45) is 0.611. The third-order valence-corrected chi connectivity index (χ3v) is 4.00. The van der Waals surface area contributed by atoms with Crippen molar-refractivity contribution in [2.24, 2.45) is 0 Å². The molecule has 0 saturated heterocycles. The van der Waals surface area contributed by atoms with E-state index in [2.05, 4.69) is 10.3 Å². The van der Waals surface area contributed by atoms with E-state index in [1.54, 1.807) is 34.9 Å². The lowest BCUT2D eigenvalue weighted by atomic mass is 10.2. The lowest BCUT2D eigenvalue weighted by molar-refractivity contribution is -0.123. The minimum atomic E-state index is -0.988. The first-order valence-electron chi connectivity index (χ1n) is 8.68. The number of carbonyl (C=O) groups excluding carboxylic acids is 2. The first-order chi connectivity index (χ1) is 13.0. The molecule has 0 unspecified atom stereocenters. The van der Waals surface area contributed by atoms with E-state index in [4.69, 9.17) is 9.47 Å². The largest absolute Gasteiger partial charge is 0.492 e. The summed E-state index contributed by atoms with van der Waals surface area (Å²) in [6.45, 7) is 5.76. The van der Waals surface area contributed by atoms with Crippen molar-refractivity contribution in [1.82, 2.24) is 9.38 Å². The van der Waals surface area contributed by atoms with Crippen LogP contribution in [0.4, 0.5) is 5.69 Å². The maximum atomic E-state index is 12.4. The molecule has 1 atom stereocenters. The molecular weight excluding hydrogens is 346 g/mol. The average molecular weight is 367 g/mol. The van der Waals surface area contributed by atoms with E-state index in [-0.39, 0.29) is 5.69 Å². The topological polar surface area (TPSA) is 81.9 Å². The number of rotatable bonds is 6. The lowest BCUT2D eigenvalue weighted by Gasteiger charge is -2.15. The highest BCUT2D eigenvalue weighted by Crippen LogP contribution is 2.24. The molecule has 3 rings (SSSR count). The number of para-hydroxylation sites is 2. The van der Waals surface area contributed by atoms with Crippen molar-refractivity contribution in [2.45, 2.75) is 26.9 Å². The maximum absolute atomic E-state index is 12.4. The van der Waals surface area contributed by atoms with Crippen LogP contribution in [0, 0.1) is 6.92 Å². The van der Waals surface area contributed by atoms with Crippen molar-refractivity contribution in [3.8, 4) is 5.75 Å². The van der Waals surface area contributed by atoms with E-state index in [0.29, 0.717) is 23.7 Å². The molecule has 0 spiro atoms. The Balaban J connectivity index is 1.68. The quantitative estimate of drug-likeness (QED) is 0.677. The van der Waals surface area contributed by atoms with E-state index in [1.807, 2.05) is 32.0 Å². The molecule has 2 heterocycles. The highest BCUT2D eigenvalue weighted by atomic mass is 16.5. The molecule has 7 nitrogen and oxygen atoms in total. The van der Waals surface area contributed by atoms with Crippen LogP contribution in [0.15, 0.2) is 48.7 Å². The van der Waals surface area contributed by atoms with Gasteiger partial charge in [-0.2, -0.15) is 0 Å². The fourth-order valence-corrected chi connectivity index (χ4v) is 2.61. The number of ether oxygens (including phenoxy) is 2. The predicted molar refractivity (Wildman–Crippen MR) is 101 cm³/mol. The van der Waals surface area contributed by atoms with Crippen LogP contribution in [0.5, 0.6) is 5.75 Å². The van der Waals surface area contributed by atoms with Gasteiger partial charge in [-0.25, -0.2) is 9.78 Å². The van der Waals surface area contributed by atoms with E-state index in [1.165, 1.54) is 6.92 Å². The molecular formula is C20H21N3O4. The molecule has 0 aliphatic rings. The Bertz CT molecular complexity index is 980. The zero-order valence-electron chi connectivity index (χ0n) is 15.4. The van der Waals surface area contributed by atoms with Gasteiger partial charge in [0.15, 0.2) is 11.8 Å². The first-order valence-corrected chi connectivity index (χ1v) is 8.68. The number of hydrogen-bond acceptors (Lipinski definition) is 5. The second-order valence-corrected chi connectivity index (χ2v) is 5.99. The molecule has 3 aromatic rings. The molecule has 1 N–H and O–H groups in total. The van der Waals surface area contributed by atoms with Gasteiger partial charge in [-0.3, -0.25) is 4.79 Å². The molecule has 27 heavy (non-hydrogen) atoms. The minimum Gasteiger partial charge on any atom is -0.492 e. The van der Waals surface area contributed by atoms with Gasteiger partial charge in [-0.15, -0.1) is 0 Å². The smallest absolute Gasteiger partial charge is 0.359 e. The van der Waals surface area contributed by atoms with Crippen molar-refractivity contribution >= 4 is 23.2 Å². The summed E-state index contributed by atoms with van der Waals surface area (Å²) >= 11 is 0. The Kier molecular flexibility index (Phi) is 5.40. The molecule has 1 aromatic carbocycles. The maximum Gasteiger partial charge on any atom is 0.359 e. The molecule has 0 aliphatic carbocycles. The van der Waals surface area contributed by atoms with Crippen molar-refractivity contribution in [2.75, 3.05) is 11.9 Å². The number of aryl methyl sites for hydroxylation is 1. The number of imidazole rings is 1. The van der Waals surface area contributed by atoms with Gasteiger partial charge in [0.05, 0.1) is 12.3 Å². The standard InChI is InChI=1S/C20H21N3O4/c1-4-26-17-10-6-5-9-15(17)22-19(24)14(3)27-20(25)16-12-23-13(2)8-7-11-18(23)21-16/h5-12,14H,4H2,1-3H3,(H,22,24)/t14-/m1/s1. The predicted octanol–water partition coefficient (Wildman–Crippen LogP) is 3.23. The highest BCUT2D eigenvalue weighted by molar-refractivity contribution is 5.97. The second kappa shape index (κ2) is 7.90.